The maximum atomic E-state index is 8.71. The van der Waals surface area contributed by atoms with Crippen molar-refractivity contribution in [2.45, 2.75) is 19.4 Å². The molecule has 1 aliphatic heterocycles. The Hall–Kier alpha value is -1.00. The molecule has 0 fully saturated rings. The van der Waals surface area contributed by atoms with Crippen molar-refractivity contribution >= 4 is 0 Å². The maximum absolute atomic E-state index is 8.71. The van der Waals surface area contributed by atoms with Crippen LogP contribution in [-0.2, 0) is 24.2 Å². The molecule has 0 saturated carbocycles. The smallest absolute Gasteiger partial charge is 0.130 e. The zero-order valence-corrected chi connectivity index (χ0v) is 7.36. The van der Waals surface area contributed by atoms with Crippen LogP contribution in [0.2, 0.25) is 0 Å². The van der Waals surface area contributed by atoms with E-state index in [-0.39, 0.29) is 6.61 Å². The minimum absolute atomic E-state index is 0.0969. The van der Waals surface area contributed by atoms with Crippen LogP contribution in [0.4, 0.5) is 0 Å². The van der Waals surface area contributed by atoms with Gasteiger partial charge in [0.05, 0.1) is 25.5 Å². The number of hydrogen-bond acceptors (Lipinski definition) is 4. The minimum Gasteiger partial charge on any atom is -0.396 e. The summed E-state index contributed by atoms with van der Waals surface area (Å²) >= 11 is 0. The van der Waals surface area contributed by atoms with E-state index in [1.807, 2.05) is 6.20 Å². The first-order valence-electron chi connectivity index (χ1n) is 4.42. The first-order valence-corrected chi connectivity index (χ1v) is 4.42. The number of fused-ring (bicyclic) bond motifs is 1. The molecule has 0 saturated heterocycles. The lowest BCUT2D eigenvalue weighted by atomic mass is 10.1. The SMILES string of the molecule is OCCc1ncc2c(n1)COCC2. The highest BCUT2D eigenvalue weighted by Gasteiger charge is 2.11. The summed E-state index contributed by atoms with van der Waals surface area (Å²) in [6.45, 7) is 1.44. The van der Waals surface area contributed by atoms with Crippen molar-refractivity contribution in [2.75, 3.05) is 13.2 Å². The molecule has 0 spiro atoms. The molecule has 1 N–H and O–H groups in total. The van der Waals surface area contributed by atoms with E-state index in [4.69, 9.17) is 9.84 Å². The first kappa shape index (κ1) is 8.59. The lowest BCUT2D eigenvalue weighted by Crippen LogP contribution is -2.14. The monoisotopic (exact) mass is 180 g/mol. The number of aliphatic hydroxyl groups excluding tert-OH is 1. The van der Waals surface area contributed by atoms with E-state index >= 15 is 0 Å². The highest BCUT2D eigenvalue weighted by molar-refractivity contribution is 5.18. The molecule has 70 valence electrons. The summed E-state index contributed by atoms with van der Waals surface area (Å²) in [5, 5.41) is 8.71. The van der Waals surface area contributed by atoms with Crippen LogP contribution in [0.5, 0.6) is 0 Å². The summed E-state index contributed by atoms with van der Waals surface area (Å²) in [7, 11) is 0. The molecule has 2 heterocycles. The quantitative estimate of drug-likeness (QED) is 0.700. The predicted molar refractivity (Wildman–Crippen MR) is 46.2 cm³/mol. The lowest BCUT2D eigenvalue weighted by Gasteiger charge is -2.15. The third kappa shape index (κ3) is 1.84. The molecule has 0 bridgehead atoms. The van der Waals surface area contributed by atoms with Crippen molar-refractivity contribution in [3.8, 4) is 0 Å². The fraction of sp³-hybridized carbons (Fsp3) is 0.556. The maximum Gasteiger partial charge on any atom is 0.130 e. The average Bonchev–Trinajstić information content (AvgIpc) is 2.18. The molecule has 0 radical (unpaired) electrons. The van der Waals surface area contributed by atoms with Crippen LogP contribution in [0.3, 0.4) is 0 Å². The largest absolute Gasteiger partial charge is 0.396 e. The molecular formula is C9H12N2O2. The topological polar surface area (TPSA) is 55.2 Å². The second-order valence-electron chi connectivity index (χ2n) is 3.03. The summed E-state index contributed by atoms with van der Waals surface area (Å²) in [6, 6.07) is 0. The Labute approximate surface area is 76.6 Å². The number of aromatic nitrogens is 2. The molecule has 0 atom stereocenters. The lowest BCUT2D eigenvalue weighted by molar-refractivity contribution is 0.107. The molecular weight excluding hydrogens is 168 g/mol. The molecule has 13 heavy (non-hydrogen) atoms. The molecule has 4 nitrogen and oxygen atoms in total. The van der Waals surface area contributed by atoms with Gasteiger partial charge in [0, 0.05) is 12.6 Å². The van der Waals surface area contributed by atoms with E-state index in [2.05, 4.69) is 9.97 Å². The molecule has 0 aliphatic carbocycles. The van der Waals surface area contributed by atoms with Crippen molar-refractivity contribution in [3.63, 3.8) is 0 Å². The summed E-state index contributed by atoms with van der Waals surface area (Å²) in [4.78, 5) is 8.46. The van der Waals surface area contributed by atoms with Crippen LogP contribution in [0.15, 0.2) is 6.20 Å². The van der Waals surface area contributed by atoms with Gasteiger partial charge in [-0.1, -0.05) is 0 Å². The van der Waals surface area contributed by atoms with Crippen LogP contribution >= 0.6 is 0 Å². The molecule has 0 unspecified atom stereocenters. The fourth-order valence-corrected chi connectivity index (χ4v) is 1.39. The second-order valence-corrected chi connectivity index (χ2v) is 3.03. The number of nitrogens with zero attached hydrogens (tertiary/aromatic N) is 2. The molecule has 4 heteroatoms. The fourth-order valence-electron chi connectivity index (χ4n) is 1.39. The highest BCUT2D eigenvalue weighted by atomic mass is 16.5. The Morgan fingerprint density at radius 2 is 2.46 bits per heavy atom. The van der Waals surface area contributed by atoms with Gasteiger partial charge in [-0.3, -0.25) is 0 Å². The van der Waals surface area contributed by atoms with Gasteiger partial charge in [-0.15, -0.1) is 0 Å². The summed E-state index contributed by atoms with van der Waals surface area (Å²) in [5.41, 5.74) is 2.15. The van der Waals surface area contributed by atoms with E-state index < -0.39 is 0 Å². The third-order valence-electron chi connectivity index (χ3n) is 2.09. The van der Waals surface area contributed by atoms with Crippen molar-refractivity contribution in [2.24, 2.45) is 0 Å². The molecule has 0 aromatic carbocycles. The van der Waals surface area contributed by atoms with Crippen LogP contribution in [0, 0.1) is 0 Å². The molecule has 2 rings (SSSR count). The Balaban J connectivity index is 2.24. The predicted octanol–water partition coefficient (Wildman–Crippen LogP) is 0.0841. The molecule has 1 aliphatic rings. The van der Waals surface area contributed by atoms with Gasteiger partial charge >= 0.3 is 0 Å². The molecule has 1 aromatic heterocycles. The second kappa shape index (κ2) is 3.81. The zero-order valence-electron chi connectivity index (χ0n) is 7.36. The van der Waals surface area contributed by atoms with Crippen molar-refractivity contribution in [1.29, 1.82) is 0 Å². The van der Waals surface area contributed by atoms with Crippen LogP contribution in [0.1, 0.15) is 17.1 Å². The van der Waals surface area contributed by atoms with Crippen LogP contribution in [0.25, 0.3) is 0 Å². The molecule has 0 amide bonds. The number of aliphatic hydroxyl groups is 1. The number of ether oxygens (including phenoxy) is 1. The molecule has 1 aromatic rings. The van der Waals surface area contributed by atoms with Gasteiger partial charge in [-0.2, -0.15) is 0 Å². The number of rotatable bonds is 2. The Morgan fingerprint density at radius 1 is 1.54 bits per heavy atom. The van der Waals surface area contributed by atoms with Gasteiger partial charge in [0.15, 0.2) is 0 Å². The average molecular weight is 180 g/mol. The summed E-state index contributed by atoms with van der Waals surface area (Å²) in [5.74, 6) is 0.701. The Morgan fingerprint density at radius 3 is 3.31 bits per heavy atom. The highest BCUT2D eigenvalue weighted by Crippen LogP contribution is 2.13. The Bertz CT molecular complexity index is 302. The van der Waals surface area contributed by atoms with Gasteiger partial charge in [0.2, 0.25) is 0 Å². The van der Waals surface area contributed by atoms with E-state index in [0.29, 0.717) is 18.9 Å². The summed E-state index contributed by atoms with van der Waals surface area (Å²) < 4.78 is 5.28. The first-order chi connectivity index (χ1) is 6.40. The van der Waals surface area contributed by atoms with Crippen molar-refractivity contribution in [3.05, 3.63) is 23.3 Å². The van der Waals surface area contributed by atoms with E-state index in [9.17, 15) is 0 Å². The summed E-state index contributed by atoms with van der Waals surface area (Å²) in [6.07, 6.45) is 3.26. The van der Waals surface area contributed by atoms with Gasteiger partial charge in [-0.25, -0.2) is 9.97 Å². The number of hydrogen-bond donors (Lipinski definition) is 1. The third-order valence-corrected chi connectivity index (χ3v) is 2.09. The van der Waals surface area contributed by atoms with Gasteiger partial charge in [-0.05, 0) is 12.0 Å². The van der Waals surface area contributed by atoms with Gasteiger partial charge < -0.3 is 9.84 Å². The van der Waals surface area contributed by atoms with Gasteiger partial charge in [0.25, 0.3) is 0 Å². The normalized spacial score (nSPS) is 15.5. The zero-order chi connectivity index (χ0) is 9.10. The Kier molecular flexibility index (Phi) is 2.52. The van der Waals surface area contributed by atoms with Crippen molar-refractivity contribution < 1.29 is 9.84 Å². The van der Waals surface area contributed by atoms with E-state index in [1.54, 1.807) is 0 Å². The standard InChI is InChI=1S/C9H12N2O2/c12-3-1-9-10-5-7-2-4-13-6-8(7)11-9/h5,12H,1-4,6H2. The minimum atomic E-state index is 0.0969. The van der Waals surface area contributed by atoms with E-state index in [1.165, 1.54) is 5.56 Å². The van der Waals surface area contributed by atoms with Crippen LogP contribution in [-0.4, -0.2) is 28.3 Å². The van der Waals surface area contributed by atoms with Crippen molar-refractivity contribution in [1.82, 2.24) is 9.97 Å². The van der Waals surface area contributed by atoms with E-state index in [0.717, 1.165) is 18.7 Å². The van der Waals surface area contributed by atoms with Gasteiger partial charge in [0.1, 0.15) is 5.82 Å². The van der Waals surface area contributed by atoms with Crippen LogP contribution < -0.4 is 0 Å².